The summed E-state index contributed by atoms with van der Waals surface area (Å²) in [6, 6.07) is 4.35. The molecule has 110 valence electrons. The van der Waals surface area contributed by atoms with Crippen molar-refractivity contribution in [2.75, 3.05) is 11.9 Å². The zero-order valence-electron chi connectivity index (χ0n) is 10.7. The molecule has 21 heavy (non-hydrogen) atoms. The van der Waals surface area contributed by atoms with Crippen LogP contribution >= 0.6 is 0 Å². The Bertz CT molecular complexity index is 624. The fourth-order valence-electron chi connectivity index (χ4n) is 1.28. The summed E-state index contributed by atoms with van der Waals surface area (Å²) < 4.78 is 26.0. The van der Waals surface area contributed by atoms with E-state index in [4.69, 9.17) is 10.4 Å². The lowest BCUT2D eigenvalue weighted by Gasteiger charge is -2.05. The molecule has 0 aliphatic rings. The Morgan fingerprint density at radius 2 is 2.10 bits per heavy atom. The Morgan fingerprint density at radius 1 is 1.38 bits per heavy atom. The normalized spacial score (nSPS) is 10.6. The minimum Gasteiger partial charge on any atom is -0.481 e. The van der Waals surface area contributed by atoms with Crippen LogP contribution in [0.4, 0.5) is 14.5 Å². The molecule has 0 radical (unpaired) electrons. The van der Waals surface area contributed by atoms with Crippen molar-refractivity contribution < 1.29 is 23.5 Å². The Balaban J connectivity index is 2.69. The maximum atomic E-state index is 13.3. The van der Waals surface area contributed by atoms with Crippen LogP contribution in [0.1, 0.15) is 6.42 Å². The molecule has 0 atom stereocenters. The number of benzene rings is 1. The predicted octanol–water partition coefficient (Wildman–Crippen LogP) is 1.38. The second-order valence-electron chi connectivity index (χ2n) is 3.84. The summed E-state index contributed by atoms with van der Waals surface area (Å²) in [5.74, 6) is -3.53. The summed E-state index contributed by atoms with van der Waals surface area (Å²) in [7, 11) is 0. The van der Waals surface area contributed by atoms with E-state index < -0.39 is 23.5 Å². The Hall–Kier alpha value is -2.95. The van der Waals surface area contributed by atoms with Crippen LogP contribution in [0.25, 0.3) is 0 Å². The highest BCUT2D eigenvalue weighted by atomic mass is 19.1. The first-order valence-electron chi connectivity index (χ1n) is 5.76. The molecular weight excluding hydrogens is 284 g/mol. The van der Waals surface area contributed by atoms with E-state index in [1.165, 1.54) is 0 Å². The molecule has 8 heteroatoms. The first-order chi connectivity index (χ1) is 9.93. The number of carboxylic acid groups (broad SMARTS) is 1. The third-order valence-electron chi connectivity index (χ3n) is 2.29. The SMILES string of the molecule is N#C/C(=C/Nc1ccc(F)cc1F)C(=O)NCCC(=O)O. The summed E-state index contributed by atoms with van der Waals surface area (Å²) in [5, 5.41) is 21.8. The van der Waals surface area contributed by atoms with Gasteiger partial charge >= 0.3 is 5.97 Å². The van der Waals surface area contributed by atoms with Crippen LogP contribution in [0.15, 0.2) is 30.0 Å². The summed E-state index contributed by atoms with van der Waals surface area (Å²) in [6.45, 7) is -0.141. The molecule has 1 amide bonds. The minimum atomic E-state index is -1.09. The first-order valence-corrected chi connectivity index (χ1v) is 5.76. The van der Waals surface area contributed by atoms with Crippen molar-refractivity contribution in [1.82, 2.24) is 5.32 Å². The van der Waals surface area contributed by atoms with Gasteiger partial charge in [0, 0.05) is 18.8 Å². The highest BCUT2D eigenvalue weighted by Crippen LogP contribution is 2.15. The largest absolute Gasteiger partial charge is 0.481 e. The van der Waals surface area contributed by atoms with Crippen LogP contribution in [0.3, 0.4) is 0 Å². The number of carboxylic acids is 1. The number of nitriles is 1. The van der Waals surface area contributed by atoms with Crippen molar-refractivity contribution in [1.29, 1.82) is 5.26 Å². The summed E-state index contributed by atoms with van der Waals surface area (Å²) in [6.07, 6.45) is 0.664. The van der Waals surface area contributed by atoms with Gasteiger partial charge in [-0.1, -0.05) is 0 Å². The molecule has 0 heterocycles. The molecule has 0 saturated carbocycles. The molecule has 1 rings (SSSR count). The van der Waals surface area contributed by atoms with E-state index in [-0.39, 0.29) is 24.2 Å². The van der Waals surface area contributed by atoms with E-state index in [1.54, 1.807) is 6.07 Å². The van der Waals surface area contributed by atoms with Crippen LogP contribution in [-0.2, 0) is 9.59 Å². The van der Waals surface area contributed by atoms with Gasteiger partial charge in [-0.3, -0.25) is 9.59 Å². The average molecular weight is 295 g/mol. The molecule has 1 aromatic carbocycles. The second-order valence-corrected chi connectivity index (χ2v) is 3.84. The van der Waals surface area contributed by atoms with Gasteiger partial charge < -0.3 is 15.7 Å². The highest BCUT2D eigenvalue weighted by molar-refractivity contribution is 5.97. The number of hydrogen-bond acceptors (Lipinski definition) is 4. The van der Waals surface area contributed by atoms with E-state index >= 15 is 0 Å². The number of nitrogens with one attached hydrogen (secondary N) is 2. The minimum absolute atomic E-state index is 0.109. The van der Waals surface area contributed by atoms with Gasteiger partial charge in [-0.25, -0.2) is 8.78 Å². The molecule has 3 N–H and O–H groups in total. The molecule has 6 nitrogen and oxygen atoms in total. The molecule has 0 aliphatic carbocycles. The summed E-state index contributed by atoms with van der Waals surface area (Å²) in [4.78, 5) is 21.8. The maximum Gasteiger partial charge on any atom is 0.305 e. The standard InChI is InChI=1S/C13H11F2N3O3/c14-9-1-2-11(10(15)5-9)18-7-8(6-16)13(21)17-4-3-12(19)20/h1-2,5,7,18H,3-4H2,(H,17,21)(H,19,20)/b8-7-. The fourth-order valence-corrected chi connectivity index (χ4v) is 1.28. The number of nitrogens with zero attached hydrogens (tertiary/aromatic N) is 1. The van der Waals surface area contributed by atoms with Crippen molar-refractivity contribution >= 4 is 17.6 Å². The van der Waals surface area contributed by atoms with Gasteiger partial charge in [-0.05, 0) is 12.1 Å². The van der Waals surface area contributed by atoms with Crippen LogP contribution in [0, 0.1) is 23.0 Å². The Labute approximate surface area is 118 Å². The average Bonchev–Trinajstić information content (AvgIpc) is 2.41. The Kier molecular flexibility index (Phi) is 5.82. The van der Waals surface area contributed by atoms with Crippen molar-refractivity contribution in [2.24, 2.45) is 0 Å². The fraction of sp³-hybridized carbons (Fsp3) is 0.154. The molecule has 0 bridgehead atoms. The number of amides is 1. The summed E-state index contributed by atoms with van der Waals surface area (Å²) in [5.41, 5.74) is -0.480. The van der Waals surface area contributed by atoms with Crippen LogP contribution < -0.4 is 10.6 Å². The number of aliphatic carboxylic acids is 1. The van der Waals surface area contributed by atoms with Gasteiger partial charge in [0.2, 0.25) is 0 Å². The number of hydrogen-bond donors (Lipinski definition) is 3. The Morgan fingerprint density at radius 3 is 2.67 bits per heavy atom. The number of carbonyl (C=O) groups excluding carboxylic acids is 1. The van der Waals surface area contributed by atoms with E-state index in [0.29, 0.717) is 6.07 Å². The topological polar surface area (TPSA) is 102 Å². The first kappa shape index (κ1) is 16.1. The van der Waals surface area contributed by atoms with Crippen molar-refractivity contribution in [3.05, 3.63) is 41.6 Å². The molecule has 1 aromatic rings. The molecule has 0 aliphatic heterocycles. The van der Waals surface area contributed by atoms with Gasteiger partial charge in [0.05, 0.1) is 12.1 Å². The lowest BCUT2D eigenvalue weighted by Crippen LogP contribution is -2.27. The second kappa shape index (κ2) is 7.59. The van der Waals surface area contributed by atoms with Gasteiger partial charge in [-0.15, -0.1) is 0 Å². The van der Waals surface area contributed by atoms with Crippen molar-refractivity contribution in [3.63, 3.8) is 0 Å². The zero-order valence-corrected chi connectivity index (χ0v) is 10.7. The molecule has 0 saturated heterocycles. The monoisotopic (exact) mass is 295 g/mol. The number of halogens is 2. The zero-order chi connectivity index (χ0) is 15.8. The lowest BCUT2D eigenvalue weighted by atomic mass is 10.2. The quantitative estimate of drug-likeness (QED) is 0.543. The van der Waals surface area contributed by atoms with Gasteiger partial charge in [0.1, 0.15) is 23.3 Å². The molecule has 0 unspecified atom stereocenters. The van der Waals surface area contributed by atoms with Gasteiger partial charge in [0.25, 0.3) is 5.91 Å². The van der Waals surface area contributed by atoms with E-state index in [9.17, 15) is 18.4 Å². The number of anilines is 1. The molecule has 0 spiro atoms. The van der Waals surface area contributed by atoms with Gasteiger partial charge in [-0.2, -0.15) is 5.26 Å². The third-order valence-corrected chi connectivity index (χ3v) is 2.29. The van der Waals surface area contributed by atoms with Crippen LogP contribution in [0.5, 0.6) is 0 Å². The summed E-state index contributed by atoms with van der Waals surface area (Å²) >= 11 is 0. The highest BCUT2D eigenvalue weighted by Gasteiger charge is 2.09. The van der Waals surface area contributed by atoms with E-state index in [0.717, 1.165) is 18.3 Å². The maximum absolute atomic E-state index is 13.3. The smallest absolute Gasteiger partial charge is 0.305 e. The molecule has 0 fully saturated rings. The van der Waals surface area contributed by atoms with E-state index in [2.05, 4.69) is 10.6 Å². The lowest BCUT2D eigenvalue weighted by molar-refractivity contribution is -0.136. The number of carbonyl (C=O) groups is 2. The van der Waals surface area contributed by atoms with Gasteiger partial charge in [0.15, 0.2) is 0 Å². The van der Waals surface area contributed by atoms with Crippen molar-refractivity contribution in [3.8, 4) is 6.07 Å². The molecule has 0 aromatic heterocycles. The predicted molar refractivity (Wildman–Crippen MR) is 68.9 cm³/mol. The number of rotatable bonds is 6. The van der Waals surface area contributed by atoms with Crippen LogP contribution in [0.2, 0.25) is 0 Å². The van der Waals surface area contributed by atoms with E-state index in [1.807, 2.05) is 0 Å². The van der Waals surface area contributed by atoms with Crippen LogP contribution in [-0.4, -0.2) is 23.5 Å². The third kappa shape index (κ3) is 5.28. The van der Waals surface area contributed by atoms with Crippen molar-refractivity contribution in [2.45, 2.75) is 6.42 Å². The molecular formula is C13H11F2N3O3.